The molecule has 1 fully saturated rings. The molecular weight excluding hydrogens is 434 g/mol. The van der Waals surface area contributed by atoms with Gasteiger partial charge in [0.15, 0.2) is 11.4 Å². The number of carbonyl (C=O) groups excluding carboxylic acids is 1. The Labute approximate surface area is 194 Å². The second kappa shape index (κ2) is 8.11. The Hall–Kier alpha value is -3.98. The van der Waals surface area contributed by atoms with E-state index in [-0.39, 0.29) is 28.8 Å². The summed E-state index contributed by atoms with van der Waals surface area (Å²) in [6, 6.07) is 16.2. The minimum absolute atomic E-state index is 0.0375. The first kappa shape index (κ1) is 20.6. The third kappa shape index (κ3) is 3.45. The highest BCUT2D eigenvalue weighted by atomic mass is 16.3. The van der Waals surface area contributed by atoms with Crippen LogP contribution in [0, 0.1) is 5.92 Å². The first-order valence-corrected chi connectivity index (χ1v) is 11.3. The van der Waals surface area contributed by atoms with Gasteiger partial charge in [-0.05, 0) is 36.6 Å². The summed E-state index contributed by atoms with van der Waals surface area (Å²) in [4.78, 5) is 26.8. The van der Waals surface area contributed by atoms with Gasteiger partial charge in [0.25, 0.3) is 5.56 Å². The maximum Gasteiger partial charge on any atom is 0.331 e. The number of rotatable bonds is 4. The van der Waals surface area contributed by atoms with Crippen molar-refractivity contribution in [2.24, 2.45) is 16.1 Å². The van der Waals surface area contributed by atoms with Crippen LogP contribution >= 0.6 is 0 Å². The Morgan fingerprint density at radius 2 is 1.94 bits per heavy atom. The van der Waals surface area contributed by atoms with E-state index < -0.39 is 5.91 Å². The largest absolute Gasteiger partial charge is 0.493 e. The van der Waals surface area contributed by atoms with Crippen molar-refractivity contribution < 1.29 is 14.3 Å². The van der Waals surface area contributed by atoms with E-state index in [2.05, 4.69) is 15.1 Å². The fraction of sp³-hybridized carbons (Fsp3) is 0.280. The number of fused-ring (bicyclic) bond motifs is 5. The number of aromatic hydroxyl groups is 1. The van der Waals surface area contributed by atoms with Crippen molar-refractivity contribution in [3.8, 4) is 5.88 Å². The maximum absolute atomic E-state index is 12.3. The number of aromatic nitrogens is 2. The zero-order valence-corrected chi connectivity index (χ0v) is 18.4. The number of benzene rings is 1. The molecule has 2 bridgehead atoms. The van der Waals surface area contributed by atoms with Crippen LogP contribution in [-0.4, -0.2) is 38.1 Å². The molecule has 1 amide bonds. The monoisotopic (exact) mass is 457 g/mol. The highest BCUT2D eigenvalue weighted by Crippen LogP contribution is 2.40. The van der Waals surface area contributed by atoms with Crippen LogP contribution in [0.3, 0.4) is 0 Å². The Morgan fingerprint density at radius 1 is 1.06 bits per heavy atom. The van der Waals surface area contributed by atoms with Gasteiger partial charge in [0.05, 0.1) is 18.4 Å². The van der Waals surface area contributed by atoms with Gasteiger partial charge >= 0.3 is 5.91 Å². The Kier molecular flexibility index (Phi) is 4.91. The molecule has 172 valence electrons. The molecule has 4 aromatic rings. The van der Waals surface area contributed by atoms with Gasteiger partial charge < -0.3 is 14.1 Å². The summed E-state index contributed by atoms with van der Waals surface area (Å²) < 4.78 is 8.79. The van der Waals surface area contributed by atoms with Gasteiger partial charge in [0.2, 0.25) is 5.88 Å². The second-order valence-electron chi connectivity index (χ2n) is 8.98. The average molecular weight is 457 g/mol. The third-order valence-electron chi connectivity index (χ3n) is 6.79. The molecule has 9 heteroatoms. The van der Waals surface area contributed by atoms with Crippen molar-refractivity contribution in [3.05, 3.63) is 82.7 Å². The van der Waals surface area contributed by atoms with Gasteiger partial charge in [0.1, 0.15) is 0 Å². The summed E-state index contributed by atoms with van der Waals surface area (Å²) in [7, 11) is 0. The SMILES string of the molecule is O=C(N=Nc1c(O)n(CN2C[C@@H]3C[C@H](C2)c2cccc(=O)n2C3)c2ccccc12)c1ccco1. The van der Waals surface area contributed by atoms with Crippen LogP contribution in [0.1, 0.15) is 28.6 Å². The minimum atomic E-state index is -0.612. The van der Waals surface area contributed by atoms with E-state index in [0.717, 1.165) is 37.3 Å². The zero-order chi connectivity index (χ0) is 23.2. The number of nitrogens with zero attached hydrogens (tertiary/aromatic N) is 5. The molecule has 0 unspecified atom stereocenters. The summed E-state index contributed by atoms with van der Waals surface area (Å²) in [5.41, 5.74) is 2.21. The predicted octanol–water partition coefficient (Wildman–Crippen LogP) is 4.10. The van der Waals surface area contributed by atoms with Crippen molar-refractivity contribution in [1.29, 1.82) is 0 Å². The van der Waals surface area contributed by atoms with Crippen LogP contribution in [-0.2, 0) is 13.2 Å². The lowest BCUT2D eigenvalue weighted by molar-refractivity contribution is 0.0922. The number of carbonyl (C=O) groups is 1. The Bertz CT molecular complexity index is 1470. The molecule has 2 atom stereocenters. The van der Waals surface area contributed by atoms with Crippen molar-refractivity contribution in [1.82, 2.24) is 14.0 Å². The second-order valence-corrected chi connectivity index (χ2v) is 8.98. The zero-order valence-electron chi connectivity index (χ0n) is 18.4. The van der Waals surface area contributed by atoms with Crippen molar-refractivity contribution in [2.75, 3.05) is 13.1 Å². The lowest BCUT2D eigenvalue weighted by Gasteiger charge is -2.42. The molecule has 1 N–H and O–H groups in total. The van der Waals surface area contributed by atoms with E-state index >= 15 is 0 Å². The number of pyridine rings is 1. The van der Waals surface area contributed by atoms with Crippen LogP contribution in [0.5, 0.6) is 5.88 Å². The fourth-order valence-corrected chi connectivity index (χ4v) is 5.37. The van der Waals surface area contributed by atoms with Gasteiger partial charge in [-0.3, -0.25) is 19.1 Å². The predicted molar refractivity (Wildman–Crippen MR) is 124 cm³/mol. The third-order valence-corrected chi connectivity index (χ3v) is 6.79. The van der Waals surface area contributed by atoms with Gasteiger partial charge in [-0.15, -0.1) is 10.2 Å². The number of hydrogen-bond donors (Lipinski definition) is 1. The molecule has 9 nitrogen and oxygen atoms in total. The van der Waals surface area contributed by atoms with Gasteiger partial charge in [0, 0.05) is 42.7 Å². The number of likely N-dealkylation sites (tertiary alicyclic amines) is 1. The molecule has 0 aliphatic carbocycles. The highest BCUT2D eigenvalue weighted by molar-refractivity contribution is 5.96. The van der Waals surface area contributed by atoms with Crippen LogP contribution < -0.4 is 5.56 Å². The van der Waals surface area contributed by atoms with Crippen molar-refractivity contribution in [3.63, 3.8) is 0 Å². The smallest absolute Gasteiger partial charge is 0.331 e. The van der Waals surface area contributed by atoms with Gasteiger partial charge in [-0.1, -0.05) is 24.3 Å². The quantitative estimate of drug-likeness (QED) is 0.465. The van der Waals surface area contributed by atoms with Gasteiger partial charge in [-0.25, -0.2) is 0 Å². The number of para-hydroxylation sites is 1. The molecule has 2 aliphatic heterocycles. The maximum atomic E-state index is 12.3. The van der Waals surface area contributed by atoms with Crippen molar-refractivity contribution >= 4 is 22.5 Å². The lowest BCUT2D eigenvalue weighted by Crippen LogP contribution is -2.47. The summed E-state index contributed by atoms with van der Waals surface area (Å²) in [6.45, 7) is 2.81. The number of furan rings is 1. The molecule has 34 heavy (non-hydrogen) atoms. The molecule has 0 radical (unpaired) electrons. The molecule has 1 aromatic carbocycles. The number of amides is 1. The summed E-state index contributed by atoms with van der Waals surface area (Å²) in [5, 5.41) is 19.6. The van der Waals surface area contributed by atoms with E-state index in [1.165, 1.54) is 12.3 Å². The molecule has 0 spiro atoms. The Balaban J connectivity index is 1.31. The van der Waals surface area contributed by atoms with Crippen LogP contribution in [0.2, 0.25) is 0 Å². The normalized spacial score (nSPS) is 20.1. The Morgan fingerprint density at radius 3 is 2.79 bits per heavy atom. The first-order chi connectivity index (χ1) is 16.6. The van der Waals surface area contributed by atoms with E-state index in [1.54, 1.807) is 16.7 Å². The van der Waals surface area contributed by atoms with E-state index in [0.29, 0.717) is 18.0 Å². The number of hydrogen-bond acceptors (Lipinski definition) is 6. The van der Waals surface area contributed by atoms with Crippen LogP contribution in [0.15, 0.2) is 80.3 Å². The summed E-state index contributed by atoms with van der Waals surface area (Å²) >= 11 is 0. The summed E-state index contributed by atoms with van der Waals surface area (Å²) in [6.07, 6.45) is 2.46. The molecule has 5 heterocycles. The van der Waals surface area contributed by atoms with E-state index in [9.17, 15) is 14.7 Å². The number of piperidine rings is 1. The van der Waals surface area contributed by atoms with E-state index in [1.807, 2.05) is 41.0 Å². The molecular formula is C25H23N5O4. The molecule has 3 aromatic heterocycles. The average Bonchev–Trinajstić information content (AvgIpc) is 3.46. The molecule has 2 aliphatic rings. The molecule has 6 rings (SSSR count). The minimum Gasteiger partial charge on any atom is -0.493 e. The fourth-order valence-electron chi connectivity index (χ4n) is 5.37. The van der Waals surface area contributed by atoms with E-state index in [4.69, 9.17) is 4.42 Å². The lowest BCUT2D eigenvalue weighted by atomic mass is 9.83. The first-order valence-electron chi connectivity index (χ1n) is 11.3. The van der Waals surface area contributed by atoms with Crippen LogP contribution in [0.25, 0.3) is 10.9 Å². The van der Waals surface area contributed by atoms with Gasteiger partial charge in [-0.2, -0.15) is 0 Å². The molecule has 0 saturated carbocycles. The topological polar surface area (TPSA) is 105 Å². The van der Waals surface area contributed by atoms with Crippen LogP contribution in [0.4, 0.5) is 5.69 Å². The van der Waals surface area contributed by atoms with Crippen molar-refractivity contribution in [2.45, 2.75) is 25.6 Å². The number of azo groups is 1. The standard InChI is InChI=1S/C25H23N5O4/c31-22-9-3-7-19-17-11-16(13-29(19)22)12-28(14-17)15-30-20-6-2-1-5-18(20)23(25(30)33)26-27-24(32)21-8-4-10-34-21/h1-10,16-17,33H,11-15H2/t16-,17+/m0/s1. The highest BCUT2D eigenvalue weighted by Gasteiger charge is 2.35. The summed E-state index contributed by atoms with van der Waals surface area (Å²) in [5.74, 6) is 0.0885. The molecule has 1 saturated heterocycles.